The van der Waals surface area contributed by atoms with Gasteiger partial charge < -0.3 is 19.7 Å². The molecule has 0 unspecified atom stereocenters. The minimum absolute atomic E-state index is 0. The van der Waals surface area contributed by atoms with Gasteiger partial charge in [0.25, 0.3) is 0 Å². The second kappa shape index (κ2) is 12.9. The van der Waals surface area contributed by atoms with E-state index in [-0.39, 0.29) is 59.1 Å². The van der Waals surface area contributed by atoms with Crippen molar-refractivity contribution in [2.45, 2.75) is 19.3 Å². The summed E-state index contributed by atoms with van der Waals surface area (Å²) in [6.07, 6.45) is -3.27. The zero-order valence-electron chi connectivity index (χ0n) is 9.28. The van der Waals surface area contributed by atoms with Gasteiger partial charge in [0.15, 0.2) is 0 Å². The molecule has 10 nitrogen and oxygen atoms in total. The Labute approximate surface area is 161 Å². The fourth-order valence-corrected chi connectivity index (χ4v) is 0.763. The number of esters is 4. The molecule has 0 saturated heterocycles. The van der Waals surface area contributed by atoms with Crippen LogP contribution in [0.4, 0.5) is 0 Å². The number of carboxylic acids is 2. The minimum atomic E-state index is -1.53. The number of hydrogen-bond donors (Lipinski definition) is 2. The van der Waals surface area contributed by atoms with Gasteiger partial charge in [0.1, 0.15) is 19.3 Å². The molecule has 2 N–H and O–H groups in total. The first-order chi connectivity index (χ1) is 8.70. The van der Waals surface area contributed by atoms with Crippen LogP contribution in [0.5, 0.6) is 0 Å². The molecule has 21 heavy (non-hydrogen) atoms. The van der Waals surface area contributed by atoms with Crippen LogP contribution < -0.4 is 0 Å². The molecule has 12 heteroatoms. The number of hydrogen-bond acceptors (Lipinski definition) is 8. The quantitative estimate of drug-likeness (QED) is 0.296. The van der Waals surface area contributed by atoms with E-state index in [4.69, 9.17) is 10.2 Å². The van der Waals surface area contributed by atoms with Crippen molar-refractivity contribution in [1.29, 1.82) is 0 Å². The number of ether oxygens (including phenoxy) is 2. The third kappa shape index (κ3) is 15.4. The summed E-state index contributed by atoms with van der Waals surface area (Å²) in [5.41, 5.74) is 0. The predicted octanol–water partition coefficient (Wildman–Crippen LogP) is -2.83. The molecule has 0 aromatic carbocycles. The van der Waals surface area contributed by atoms with Crippen molar-refractivity contribution in [2.24, 2.45) is 0 Å². The van der Waals surface area contributed by atoms with Crippen molar-refractivity contribution < 1.29 is 48.5 Å². The molecular weight excluding hydrogens is 314 g/mol. The topological polar surface area (TPSA) is 161 Å². The van der Waals surface area contributed by atoms with E-state index in [0.717, 1.165) is 0 Å². The van der Waals surface area contributed by atoms with Crippen molar-refractivity contribution in [3.05, 3.63) is 0 Å². The van der Waals surface area contributed by atoms with Crippen LogP contribution in [-0.4, -0.2) is 105 Å². The molecule has 0 aliphatic carbocycles. The summed E-state index contributed by atoms with van der Waals surface area (Å²) in [5, 5.41) is 16.4. The summed E-state index contributed by atoms with van der Waals surface area (Å²) < 4.78 is 7.81. The van der Waals surface area contributed by atoms with E-state index in [2.05, 4.69) is 9.47 Å². The molecule has 0 spiro atoms. The molecule has 0 radical (unpaired) electrons. The van der Waals surface area contributed by atoms with E-state index >= 15 is 0 Å². The first-order valence-corrected chi connectivity index (χ1v) is 4.61. The maximum atomic E-state index is 10.9. The predicted molar refractivity (Wildman–Crippen MR) is 65.6 cm³/mol. The van der Waals surface area contributed by atoms with Crippen molar-refractivity contribution in [3.8, 4) is 0 Å². The first kappa shape index (κ1) is 25.2. The van der Waals surface area contributed by atoms with E-state index < -0.39 is 55.1 Å². The van der Waals surface area contributed by atoms with Gasteiger partial charge in [0.2, 0.25) is 0 Å². The number of carbonyl (C=O) groups excluding carboxylic acids is 4. The van der Waals surface area contributed by atoms with Crippen LogP contribution in [0.3, 0.4) is 0 Å². The Bertz CT molecular complexity index is 404. The molecular formula is C9H10Na2O10. The molecule has 0 aromatic heterocycles. The zero-order valence-corrected chi connectivity index (χ0v) is 9.28. The Morgan fingerprint density at radius 3 is 1.05 bits per heavy atom. The van der Waals surface area contributed by atoms with E-state index in [1.165, 1.54) is 0 Å². The molecule has 108 valence electrons. The van der Waals surface area contributed by atoms with Gasteiger partial charge >= 0.3 is 94.9 Å². The third-order valence-corrected chi connectivity index (χ3v) is 1.34. The van der Waals surface area contributed by atoms with Crippen LogP contribution in [0.15, 0.2) is 0 Å². The van der Waals surface area contributed by atoms with E-state index in [0.29, 0.717) is 0 Å². The van der Waals surface area contributed by atoms with Crippen LogP contribution in [0.25, 0.3) is 0 Å². The van der Waals surface area contributed by atoms with Crippen molar-refractivity contribution in [2.75, 3.05) is 0 Å². The normalized spacial score (nSPS) is 8.38. The zero-order chi connectivity index (χ0) is 15.0. The van der Waals surface area contributed by atoms with E-state index in [1.54, 1.807) is 0 Å². The Kier molecular flexibility index (Phi) is 15.5. The van der Waals surface area contributed by atoms with Crippen molar-refractivity contribution in [1.82, 2.24) is 0 Å². The molecule has 0 aliphatic rings. The van der Waals surface area contributed by atoms with Crippen LogP contribution in [0.2, 0.25) is 0 Å². The molecule has 0 saturated carbocycles. The average Bonchev–Trinajstić information content (AvgIpc) is 2.12. The van der Waals surface area contributed by atoms with Gasteiger partial charge in [-0.15, -0.1) is 0 Å². The molecule has 0 rings (SSSR count). The molecule has 0 aliphatic heterocycles. The van der Waals surface area contributed by atoms with Gasteiger partial charge in [-0.3, -0.25) is 28.8 Å². The van der Waals surface area contributed by atoms with E-state index in [9.17, 15) is 28.8 Å². The summed E-state index contributed by atoms with van der Waals surface area (Å²) in [7, 11) is 0. The molecule has 0 heterocycles. The summed E-state index contributed by atoms with van der Waals surface area (Å²) in [6.45, 7) is 0. The molecule has 0 bridgehead atoms. The Morgan fingerprint density at radius 2 is 0.810 bits per heavy atom. The number of rotatable bonds is 6. The summed E-state index contributed by atoms with van der Waals surface area (Å²) in [6, 6.07) is 0. The standard InChI is InChI=1S/C9H8O10.2Na.2H/c10-4(11)1-6(14)18-8(16)3-9(17)19-7(15)2-5(12)13;;;;/h1-3H2,(H,10,11)(H,12,13);;;;. The fraction of sp³-hybridized carbons (Fsp3) is 0.333. The van der Waals surface area contributed by atoms with Crippen LogP contribution in [-0.2, 0) is 38.2 Å². The average molecular weight is 324 g/mol. The number of aliphatic carboxylic acids is 2. The third-order valence-electron chi connectivity index (χ3n) is 1.34. The molecule has 0 aromatic rings. The monoisotopic (exact) mass is 324 g/mol. The van der Waals surface area contributed by atoms with Gasteiger partial charge in [-0.2, -0.15) is 0 Å². The SMILES string of the molecule is O=C(O)CC(=O)OC(=O)CC(=O)OC(=O)CC(=O)O.[NaH].[NaH]. The maximum absolute atomic E-state index is 10.9. The second-order valence-electron chi connectivity index (χ2n) is 3.01. The van der Waals surface area contributed by atoms with Crippen LogP contribution in [0, 0.1) is 0 Å². The fourth-order valence-electron chi connectivity index (χ4n) is 0.763. The molecule has 0 atom stereocenters. The van der Waals surface area contributed by atoms with Crippen molar-refractivity contribution in [3.63, 3.8) is 0 Å². The van der Waals surface area contributed by atoms with Crippen LogP contribution >= 0.6 is 0 Å². The molecule has 0 amide bonds. The Hall–Kier alpha value is -0.780. The number of carboxylic acid groups (broad SMARTS) is 2. The second-order valence-corrected chi connectivity index (χ2v) is 3.01. The summed E-state index contributed by atoms with van der Waals surface area (Å²) in [5.74, 6) is -8.67. The summed E-state index contributed by atoms with van der Waals surface area (Å²) in [4.78, 5) is 63.3. The molecule has 0 fully saturated rings. The Morgan fingerprint density at radius 1 is 0.571 bits per heavy atom. The summed E-state index contributed by atoms with van der Waals surface area (Å²) >= 11 is 0. The number of carbonyl (C=O) groups is 6. The first-order valence-electron chi connectivity index (χ1n) is 4.61. The van der Waals surface area contributed by atoms with Gasteiger partial charge in [0, 0.05) is 0 Å². The van der Waals surface area contributed by atoms with Gasteiger partial charge in [-0.25, -0.2) is 0 Å². The van der Waals surface area contributed by atoms with E-state index in [1.807, 2.05) is 0 Å². The van der Waals surface area contributed by atoms with Gasteiger partial charge in [0.05, 0.1) is 0 Å². The van der Waals surface area contributed by atoms with Gasteiger partial charge in [-0.1, -0.05) is 0 Å². The van der Waals surface area contributed by atoms with Crippen LogP contribution in [0.1, 0.15) is 19.3 Å². The van der Waals surface area contributed by atoms with Gasteiger partial charge in [-0.05, 0) is 0 Å². The Balaban J connectivity index is -0.00000162. The van der Waals surface area contributed by atoms with Crippen molar-refractivity contribution >= 4 is 94.9 Å².